The number of fused-ring (bicyclic) bond motifs is 1. The van der Waals surface area contributed by atoms with Crippen molar-refractivity contribution in [2.45, 2.75) is 18.8 Å². The molecule has 1 aromatic carbocycles. The quantitative estimate of drug-likeness (QED) is 0.676. The number of hydrogen-bond donors (Lipinski definition) is 2. The number of rotatable bonds is 0. The van der Waals surface area contributed by atoms with Gasteiger partial charge < -0.3 is 5.11 Å². The number of benzene rings is 1. The van der Waals surface area contributed by atoms with Gasteiger partial charge in [0.1, 0.15) is 11.8 Å². The van der Waals surface area contributed by atoms with Crippen LogP contribution in [0.5, 0.6) is 5.75 Å². The van der Waals surface area contributed by atoms with Gasteiger partial charge in [0, 0.05) is 12.1 Å². The van der Waals surface area contributed by atoms with Crippen LogP contribution < -0.4 is 5.32 Å². The van der Waals surface area contributed by atoms with Crippen LogP contribution in [0.1, 0.15) is 17.2 Å². The molecular formula is C9H8F3NO. The van der Waals surface area contributed by atoms with Gasteiger partial charge in [0.25, 0.3) is 0 Å². The van der Waals surface area contributed by atoms with E-state index in [1.54, 1.807) is 6.07 Å². The zero-order chi connectivity index (χ0) is 10.3. The van der Waals surface area contributed by atoms with E-state index in [1.165, 1.54) is 12.1 Å². The number of aromatic hydroxyl groups is 1. The van der Waals surface area contributed by atoms with Gasteiger partial charge in [0.15, 0.2) is 0 Å². The summed E-state index contributed by atoms with van der Waals surface area (Å²) in [6.45, 7) is 0.147. The Labute approximate surface area is 78.4 Å². The number of phenols is 1. The minimum Gasteiger partial charge on any atom is -0.508 e. The smallest absolute Gasteiger partial charge is 0.408 e. The highest BCUT2D eigenvalue weighted by atomic mass is 19.4. The number of alkyl halides is 3. The molecule has 1 aromatic rings. The summed E-state index contributed by atoms with van der Waals surface area (Å²) in [4.78, 5) is 0. The minimum absolute atomic E-state index is 0.0417. The highest BCUT2D eigenvalue weighted by molar-refractivity contribution is 5.45. The first kappa shape index (κ1) is 9.33. The average Bonchev–Trinajstić information content (AvgIpc) is 2.47. The molecule has 0 radical (unpaired) electrons. The van der Waals surface area contributed by atoms with Crippen molar-refractivity contribution >= 4 is 0 Å². The third-order valence-electron chi connectivity index (χ3n) is 2.29. The van der Waals surface area contributed by atoms with Crippen molar-refractivity contribution in [1.29, 1.82) is 0 Å². The summed E-state index contributed by atoms with van der Waals surface area (Å²) < 4.78 is 37.3. The van der Waals surface area contributed by atoms with Crippen molar-refractivity contribution in [1.82, 2.24) is 5.32 Å². The first-order valence-corrected chi connectivity index (χ1v) is 4.11. The van der Waals surface area contributed by atoms with E-state index in [0.717, 1.165) is 0 Å². The van der Waals surface area contributed by atoms with Gasteiger partial charge in [-0.25, -0.2) is 0 Å². The highest BCUT2D eigenvalue weighted by Crippen LogP contribution is 2.42. The van der Waals surface area contributed by atoms with Crippen molar-refractivity contribution in [3.63, 3.8) is 0 Å². The van der Waals surface area contributed by atoms with Crippen LogP contribution in [0.25, 0.3) is 0 Å². The lowest BCUT2D eigenvalue weighted by Gasteiger charge is -2.16. The van der Waals surface area contributed by atoms with Gasteiger partial charge in [0.2, 0.25) is 0 Å². The summed E-state index contributed by atoms with van der Waals surface area (Å²) in [6.07, 6.45) is -4.36. The van der Waals surface area contributed by atoms with Crippen LogP contribution in [0.15, 0.2) is 18.2 Å². The Bertz CT molecular complexity index is 362. The monoisotopic (exact) mass is 203 g/mol. The van der Waals surface area contributed by atoms with Crippen LogP contribution in [0, 0.1) is 0 Å². The predicted octanol–water partition coefficient (Wildman–Crippen LogP) is 2.10. The van der Waals surface area contributed by atoms with E-state index in [1.807, 2.05) is 0 Å². The average molecular weight is 203 g/mol. The van der Waals surface area contributed by atoms with Crippen molar-refractivity contribution in [3.05, 3.63) is 29.3 Å². The van der Waals surface area contributed by atoms with Gasteiger partial charge in [-0.05, 0) is 11.6 Å². The molecule has 1 atom stereocenters. The van der Waals surface area contributed by atoms with E-state index in [0.29, 0.717) is 5.56 Å². The molecule has 2 rings (SSSR count). The molecule has 14 heavy (non-hydrogen) atoms. The zero-order valence-electron chi connectivity index (χ0n) is 7.10. The minimum atomic E-state index is -4.36. The first-order valence-electron chi connectivity index (χ1n) is 4.11. The van der Waals surface area contributed by atoms with Gasteiger partial charge in [0.05, 0.1) is 0 Å². The summed E-state index contributed by atoms with van der Waals surface area (Å²) in [5.74, 6) is -0.296. The van der Waals surface area contributed by atoms with Crippen LogP contribution >= 0.6 is 0 Å². The third-order valence-corrected chi connectivity index (χ3v) is 2.29. The zero-order valence-corrected chi connectivity index (χ0v) is 7.10. The molecule has 76 valence electrons. The fourth-order valence-corrected chi connectivity index (χ4v) is 1.68. The predicted molar refractivity (Wildman–Crippen MR) is 43.7 cm³/mol. The van der Waals surface area contributed by atoms with Crippen molar-refractivity contribution in [2.24, 2.45) is 0 Å². The Morgan fingerprint density at radius 1 is 1.36 bits per heavy atom. The maximum atomic E-state index is 12.4. The lowest BCUT2D eigenvalue weighted by molar-refractivity contribution is -0.155. The molecule has 2 N–H and O–H groups in total. The normalized spacial score (nSPS) is 20.9. The fourth-order valence-electron chi connectivity index (χ4n) is 1.68. The first-order chi connectivity index (χ1) is 6.50. The summed E-state index contributed by atoms with van der Waals surface area (Å²) in [6, 6.07) is 2.64. The fraction of sp³-hybridized carbons (Fsp3) is 0.333. The maximum Gasteiger partial charge on any atom is 0.408 e. The standard InChI is InChI=1S/C9H8F3NO/c10-9(11,12)8-7-5(4-13-8)2-1-3-6(7)14/h1-3,8,13-14H,4H2/t8-/m0/s1. The molecule has 0 saturated carbocycles. The summed E-state index contributed by atoms with van der Waals surface area (Å²) >= 11 is 0. The Balaban J connectivity index is 2.48. The highest BCUT2D eigenvalue weighted by Gasteiger charge is 2.45. The van der Waals surface area contributed by atoms with Crippen LogP contribution in [-0.2, 0) is 6.54 Å². The molecule has 2 nitrogen and oxygen atoms in total. The van der Waals surface area contributed by atoms with E-state index >= 15 is 0 Å². The van der Waals surface area contributed by atoms with Crippen LogP contribution in [0.2, 0.25) is 0 Å². The molecule has 0 aliphatic carbocycles. The molecular weight excluding hydrogens is 195 g/mol. The van der Waals surface area contributed by atoms with Gasteiger partial charge in [-0.3, -0.25) is 5.32 Å². The van der Waals surface area contributed by atoms with E-state index in [2.05, 4.69) is 5.32 Å². The van der Waals surface area contributed by atoms with Crippen molar-refractivity contribution in [2.75, 3.05) is 0 Å². The SMILES string of the molecule is Oc1cccc2c1[C@@H](C(F)(F)F)NC2. The van der Waals surface area contributed by atoms with Crippen LogP contribution in [0.4, 0.5) is 13.2 Å². The molecule has 0 saturated heterocycles. The second-order valence-electron chi connectivity index (χ2n) is 3.21. The molecule has 1 aliphatic heterocycles. The Hall–Kier alpha value is -1.23. The molecule has 0 aromatic heterocycles. The molecule has 1 aliphatic rings. The molecule has 0 spiro atoms. The number of hydrogen-bond acceptors (Lipinski definition) is 2. The molecule has 0 bridgehead atoms. The van der Waals surface area contributed by atoms with Gasteiger partial charge in [-0.15, -0.1) is 0 Å². The number of halogens is 3. The third kappa shape index (κ3) is 1.33. The molecule has 5 heteroatoms. The topological polar surface area (TPSA) is 32.3 Å². The van der Waals surface area contributed by atoms with E-state index in [4.69, 9.17) is 0 Å². The Kier molecular flexibility index (Phi) is 1.92. The largest absolute Gasteiger partial charge is 0.508 e. The van der Waals surface area contributed by atoms with E-state index < -0.39 is 12.2 Å². The van der Waals surface area contributed by atoms with E-state index in [9.17, 15) is 18.3 Å². The Morgan fingerprint density at radius 3 is 2.71 bits per heavy atom. The molecule has 0 unspecified atom stereocenters. The number of nitrogens with one attached hydrogen (secondary N) is 1. The summed E-state index contributed by atoms with van der Waals surface area (Å²) in [5.41, 5.74) is 0.465. The van der Waals surface area contributed by atoms with Crippen LogP contribution in [0.3, 0.4) is 0 Å². The van der Waals surface area contributed by atoms with Gasteiger partial charge in [-0.1, -0.05) is 12.1 Å². The second-order valence-corrected chi connectivity index (χ2v) is 3.21. The van der Waals surface area contributed by atoms with E-state index in [-0.39, 0.29) is 17.9 Å². The van der Waals surface area contributed by atoms with Gasteiger partial charge in [-0.2, -0.15) is 13.2 Å². The summed E-state index contributed by atoms with van der Waals surface area (Å²) in [7, 11) is 0. The van der Waals surface area contributed by atoms with Crippen molar-refractivity contribution in [3.8, 4) is 5.75 Å². The number of phenolic OH excluding ortho intramolecular Hbond substituents is 1. The van der Waals surface area contributed by atoms with Gasteiger partial charge >= 0.3 is 6.18 Å². The Morgan fingerprint density at radius 2 is 2.07 bits per heavy atom. The molecule has 0 amide bonds. The molecule has 1 heterocycles. The van der Waals surface area contributed by atoms with Crippen LogP contribution in [-0.4, -0.2) is 11.3 Å². The lowest BCUT2D eigenvalue weighted by atomic mass is 10.0. The summed E-state index contributed by atoms with van der Waals surface area (Å²) in [5, 5.41) is 11.6. The maximum absolute atomic E-state index is 12.4. The second kappa shape index (κ2) is 2.88. The van der Waals surface area contributed by atoms with Crippen molar-refractivity contribution < 1.29 is 18.3 Å². The lowest BCUT2D eigenvalue weighted by Crippen LogP contribution is -2.28. The molecule has 0 fully saturated rings.